The number of benzene rings is 1. The predicted octanol–water partition coefficient (Wildman–Crippen LogP) is 0.763. The first-order valence-corrected chi connectivity index (χ1v) is 8.29. The molecule has 0 atom stereocenters. The molecule has 146 valence electrons. The van der Waals surface area contributed by atoms with E-state index in [0.29, 0.717) is 31.0 Å². The van der Waals surface area contributed by atoms with Crippen LogP contribution in [-0.2, 0) is 20.9 Å². The Morgan fingerprint density at radius 3 is 2.33 bits per heavy atom. The van der Waals surface area contributed by atoms with Crippen LogP contribution in [0.3, 0.4) is 0 Å². The van der Waals surface area contributed by atoms with Crippen LogP contribution in [0.15, 0.2) is 43.0 Å². The molecule has 8 nitrogen and oxygen atoms in total. The Balaban J connectivity index is 0.00000364. The molecule has 1 saturated heterocycles. The molecular weight excluding hydrogens is 372 g/mol. The van der Waals surface area contributed by atoms with E-state index in [4.69, 9.17) is 5.73 Å². The minimum Gasteiger partial charge on any atom is -0.337 e. The summed E-state index contributed by atoms with van der Waals surface area (Å²) in [7, 11) is 0. The molecule has 1 aliphatic heterocycles. The van der Waals surface area contributed by atoms with Gasteiger partial charge in [-0.05, 0) is 18.5 Å². The predicted molar refractivity (Wildman–Crippen MR) is 102 cm³/mol. The minimum absolute atomic E-state index is 0. The molecule has 0 bridgehead atoms. The van der Waals surface area contributed by atoms with E-state index in [2.05, 4.69) is 6.58 Å². The Morgan fingerprint density at radius 1 is 1.11 bits per heavy atom. The van der Waals surface area contributed by atoms with Gasteiger partial charge in [0.25, 0.3) is 0 Å². The van der Waals surface area contributed by atoms with Gasteiger partial charge in [-0.2, -0.15) is 0 Å². The highest BCUT2D eigenvalue weighted by Gasteiger charge is 2.44. The molecular formula is C18H23ClN4O4. The van der Waals surface area contributed by atoms with E-state index in [1.165, 1.54) is 11.0 Å². The number of nitrogens with two attached hydrogens (primary N) is 1. The fourth-order valence-corrected chi connectivity index (χ4v) is 2.59. The van der Waals surface area contributed by atoms with Gasteiger partial charge in [-0.1, -0.05) is 36.4 Å². The Morgan fingerprint density at radius 2 is 1.74 bits per heavy atom. The molecule has 9 heteroatoms. The molecule has 1 aromatic carbocycles. The standard InChI is InChI=1S/C18H22N4O4.ClH/c1-2-10-21-16(24)17(25)22(18(21)26)13-15(23)20(11-6-9-19)12-14-7-4-3-5-8-14;/h2-5,7-8H,1,6,9-13,19H2;1H. The lowest BCUT2D eigenvalue weighted by atomic mass is 10.2. The van der Waals surface area contributed by atoms with Crippen molar-refractivity contribution in [2.45, 2.75) is 13.0 Å². The molecule has 1 aromatic rings. The Kier molecular flexibility index (Phi) is 8.64. The van der Waals surface area contributed by atoms with Crippen molar-refractivity contribution >= 4 is 36.2 Å². The number of halogens is 1. The lowest BCUT2D eigenvalue weighted by Crippen LogP contribution is -2.43. The second-order valence-corrected chi connectivity index (χ2v) is 5.82. The Hall–Kier alpha value is -2.71. The van der Waals surface area contributed by atoms with Gasteiger partial charge in [-0.15, -0.1) is 19.0 Å². The smallest absolute Gasteiger partial charge is 0.335 e. The van der Waals surface area contributed by atoms with Gasteiger partial charge < -0.3 is 10.6 Å². The maximum Gasteiger partial charge on any atom is 0.335 e. The van der Waals surface area contributed by atoms with Crippen LogP contribution in [0, 0.1) is 0 Å². The highest BCUT2D eigenvalue weighted by molar-refractivity contribution is 6.45. The number of nitrogens with zero attached hydrogens (tertiary/aromatic N) is 3. The lowest BCUT2D eigenvalue weighted by molar-refractivity contribution is -0.144. The zero-order chi connectivity index (χ0) is 19.1. The van der Waals surface area contributed by atoms with Crippen LogP contribution < -0.4 is 5.73 Å². The number of imide groups is 2. The number of amides is 5. The molecule has 1 heterocycles. The van der Waals surface area contributed by atoms with Crippen LogP contribution in [0.1, 0.15) is 12.0 Å². The van der Waals surface area contributed by atoms with Crippen molar-refractivity contribution < 1.29 is 19.2 Å². The number of hydrogen-bond acceptors (Lipinski definition) is 5. The third-order valence-electron chi connectivity index (χ3n) is 3.94. The molecule has 0 unspecified atom stereocenters. The molecule has 2 N–H and O–H groups in total. The van der Waals surface area contributed by atoms with Crippen molar-refractivity contribution in [3.8, 4) is 0 Å². The Bertz CT molecular complexity index is 711. The quantitative estimate of drug-likeness (QED) is 0.378. The zero-order valence-electron chi connectivity index (χ0n) is 14.9. The molecule has 0 saturated carbocycles. The van der Waals surface area contributed by atoms with Gasteiger partial charge in [0.2, 0.25) is 5.91 Å². The summed E-state index contributed by atoms with van der Waals surface area (Å²) >= 11 is 0. The highest BCUT2D eigenvalue weighted by Crippen LogP contribution is 2.13. The lowest BCUT2D eigenvalue weighted by Gasteiger charge is -2.24. The summed E-state index contributed by atoms with van der Waals surface area (Å²) in [6, 6.07) is 8.55. The van der Waals surface area contributed by atoms with Crippen molar-refractivity contribution in [3.05, 3.63) is 48.6 Å². The van der Waals surface area contributed by atoms with Crippen molar-refractivity contribution in [1.29, 1.82) is 0 Å². The van der Waals surface area contributed by atoms with Gasteiger partial charge in [0.1, 0.15) is 6.54 Å². The van der Waals surface area contributed by atoms with E-state index in [1.807, 2.05) is 30.3 Å². The summed E-state index contributed by atoms with van der Waals surface area (Å²) in [5.41, 5.74) is 6.45. The number of hydrogen-bond donors (Lipinski definition) is 1. The first-order chi connectivity index (χ1) is 12.5. The summed E-state index contributed by atoms with van der Waals surface area (Å²) in [6.07, 6.45) is 1.93. The van der Waals surface area contributed by atoms with Crippen molar-refractivity contribution in [1.82, 2.24) is 14.7 Å². The van der Waals surface area contributed by atoms with E-state index >= 15 is 0 Å². The van der Waals surface area contributed by atoms with Crippen LogP contribution >= 0.6 is 12.4 Å². The van der Waals surface area contributed by atoms with Crippen LogP contribution in [-0.4, -0.2) is 64.6 Å². The number of rotatable bonds is 9. The van der Waals surface area contributed by atoms with Crippen LogP contribution in [0.5, 0.6) is 0 Å². The molecule has 5 amide bonds. The fraction of sp³-hybridized carbons (Fsp3) is 0.333. The van der Waals surface area contributed by atoms with E-state index in [-0.39, 0.29) is 19.0 Å². The molecule has 0 aromatic heterocycles. The normalized spacial score (nSPS) is 13.6. The molecule has 27 heavy (non-hydrogen) atoms. The molecule has 0 radical (unpaired) electrons. The summed E-state index contributed by atoms with van der Waals surface area (Å²) in [5, 5.41) is 0. The number of carbonyl (C=O) groups is 4. The topological polar surface area (TPSA) is 104 Å². The van der Waals surface area contributed by atoms with Gasteiger partial charge in [-0.25, -0.2) is 9.69 Å². The van der Waals surface area contributed by atoms with Crippen LogP contribution in [0.2, 0.25) is 0 Å². The van der Waals surface area contributed by atoms with Crippen LogP contribution in [0.25, 0.3) is 0 Å². The van der Waals surface area contributed by atoms with Gasteiger partial charge >= 0.3 is 17.8 Å². The summed E-state index contributed by atoms with van der Waals surface area (Å²) in [6.45, 7) is 4.03. The second-order valence-electron chi connectivity index (χ2n) is 5.82. The summed E-state index contributed by atoms with van der Waals surface area (Å²) in [4.78, 5) is 51.7. The van der Waals surface area contributed by atoms with Gasteiger partial charge in [-0.3, -0.25) is 19.3 Å². The van der Waals surface area contributed by atoms with Crippen molar-refractivity contribution in [2.75, 3.05) is 26.2 Å². The summed E-state index contributed by atoms with van der Waals surface area (Å²) in [5.74, 6) is -2.36. The maximum atomic E-state index is 12.7. The maximum absolute atomic E-state index is 12.7. The van der Waals surface area contributed by atoms with E-state index in [1.54, 1.807) is 0 Å². The number of urea groups is 1. The van der Waals surface area contributed by atoms with Crippen molar-refractivity contribution in [3.63, 3.8) is 0 Å². The first-order valence-electron chi connectivity index (χ1n) is 8.29. The van der Waals surface area contributed by atoms with E-state index in [9.17, 15) is 19.2 Å². The molecule has 1 aliphatic rings. The monoisotopic (exact) mass is 394 g/mol. The third-order valence-corrected chi connectivity index (χ3v) is 3.94. The second kappa shape index (κ2) is 10.4. The Labute approximate surface area is 164 Å². The van der Waals surface area contributed by atoms with Gasteiger partial charge in [0.05, 0.1) is 0 Å². The van der Waals surface area contributed by atoms with E-state index < -0.39 is 30.3 Å². The van der Waals surface area contributed by atoms with Crippen molar-refractivity contribution in [2.24, 2.45) is 5.73 Å². The largest absolute Gasteiger partial charge is 0.337 e. The fourth-order valence-electron chi connectivity index (χ4n) is 2.59. The van der Waals surface area contributed by atoms with Gasteiger partial charge in [0, 0.05) is 19.6 Å². The average molecular weight is 395 g/mol. The highest BCUT2D eigenvalue weighted by atomic mass is 35.5. The molecule has 1 fully saturated rings. The first kappa shape index (κ1) is 22.3. The molecule has 0 spiro atoms. The average Bonchev–Trinajstić information content (AvgIpc) is 2.84. The van der Waals surface area contributed by atoms with E-state index in [0.717, 1.165) is 10.5 Å². The number of carbonyl (C=O) groups excluding carboxylic acids is 4. The molecule has 2 rings (SSSR count). The zero-order valence-corrected chi connectivity index (χ0v) is 15.7. The van der Waals surface area contributed by atoms with Gasteiger partial charge in [0.15, 0.2) is 0 Å². The summed E-state index contributed by atoms with van der Waals surface area (Å²) < 4.78 is 0. The van der Waals surface area contributed by atoms with Crippen LogP contribution in [0.4, 0.5) is 4.79 Å². The third kappa shape index (κ3) is 5.38. The minimum atomic E-state index is -0.997. The molecule has 0 aliphatic carbocycles. The SMILES string of the molecule is C=CCN1C(=O)C(=O)N(CC(=O)N(CCCN)Cc2ccccc2)C1=O.Cl.